The monoisotopic (exact) mass is 383 g/mol. The molecule has 0 atom stereocenters. The number of nitrogens with zero attached hydrogens (tertiary/aromatic N) is 1. The summed E-state index contributed by atoms with van der Waals surface area (Å²) in [5.74, 6) is 0.813. The zero-order valence-corrected chi connectivity index (χ0v) is 17.0. The van der Waals surface area contributed by atoms with E-state index in [1.165, 1.54) is 31.3 Å². The van der Waals surface area contributed by atoms with E-state index in [9.17, 15) is 9.59 Å². The molecule has 1 saturated heterocycles. The SMILES string of the molecule is CC1CCN(C(=O)c2ccc(NCC(=O)NCCC3=CCCCC3)cc2)CC1. The number of allylic oxidation sites excluding steroid dienone is 1. The molecule has 0 spiro atoms. The molecule has 1 aliphatic carbocycles. The van der Waals surface area contributed by atoms with Gasteiger partial charge in [-0.05, 0) is 75.1 Å². The van der Waals surface area contributed by atoms with Crippen molar-refractivity contribution in [2.75, 3.05) is 31.5 Å². The van der Waals surface area contributed by atoms with Gasteiger partial charge in [-0.15, -0.1) is 0 Å². The first-order valence-corrected chi connectivity index (χ1v) is 10.7. The third kappa shape index (κ3) is 6.11. The van der Waals surface area contributed by atoms with Gasteiger partial charge in [-0.2, -0.15) is 0 Å². The predicted octanol–water partition coefficient (Wildman–Crippen LogP) is 3.98. The molecule has 0 radical (unpaired) electrons. The molecule has 1 aromatic rings. The Hall–Kier alpha value is -2.30. The van der Waals surface area contributed by atoms with E-state index in [1.54, 1.807) is 0 Å². The van der Waals surface area contributed by atoms with Gasteiger partial charge in [0.05, 0.1) is 6.54 Å². The molecule has 2 aliphatic rings. The van der Waals surface area contributed by atoms with Crippen molar-refractivity contribution in [3.63, 3.8) is 0 Å². The molecule has 0 aromatic heterocycles. The summed E-state index contributed by atoms with van der Waals surface area (Å²) in [6.07, 6.45) is 10.4. The highest BCUT2D eigenvalue weighted by Gasteiger charge is 2.21. The number of carbonyl (C=O) groups is 2. The number of carbonyl (C=O) groups excluding carboxylic acids is 2. The van der Waals surface area contributed by atoms with Gasteiger partial charge >= 0.3 is 0 Å². The maximum absolute atomic E-state index is 12.6. The molecule has 0 unspecified atom stereocenters. The van der Waals surface area contributed by atoms with Gasteiger partial charge in [0.15, 0.2) is 0 Å². The Kier molecular flexibility index (Phi) is 7.52. The van der Waals surface area contributed by atoms with E-state index >= 15 is 0 Å². The average Bonchev–Trinajstić information content (AvgIpc) is 2.73. The van der Waals surface area contributed by atoms with Crippen LogP contribution in [0.1, 0.15) is 62.2 Å². The summed E-state index contributed by atoms with van der Waals surface area (Å²) in [5.41, 5.74) is 3.04. The fourth-order valence-corrected chi connectivity index (χ4v) is 3.86. The molecule has 2 N–H and O–H groups in total. The molecule has 1 aromatic carbocycles. The van der Waals surface area contributed by atoms with E-state index in [0.29, 0.717) is 18.0 Å². The lowest BCUT2D eigenvalue weighted by molar-refractivity contribution is -0.119. The molecular weight excluding hydrogens is 350 g/mol. The Bertz CT molecular complexity index is 688. The van der Waals surface area contributed by atoms with E-state index in [0.717, 1.165) is 38.0 Å². The number of hydrogen-bond donors (Lipinski definition) is 2. The first-order valence-electron chi connectivity index (χ1n) is 10.7. The standard InChI is InChI=1S/C23H33N3O2/c1-18-12-15-26(16-13-18)23(28)20-7-9-21(10-8-20)25-17-22(27)24-14-11-19-5-3-2-4-6-19/h5,7-10,18,25H,2-4,6,11-17H2,1H3,(H,24,27). The minimum atomic E-state index is -0.000927. The van der Waals surface area contributed by atoms with Crippen LogP contribution < -0.4 is 10.6 Å². The molecule has 0 saturated carbocycles. The topological polar surface area (TPSA) is 61.4 Å². The Balaban J connectivity index is 1.38. The van der Waals surface area contributed by atoms with E-state index in [2.05, 4.69) is 23.6 Å². The van der Waals surface area contributed by atoms with Crippen molar-refractivity contribution in [2.24, 2.45) is 5.92 Å². The lowest BCUT2D eigenvalue weighted by atomic mass is 9.97. The highest BCUT2D eigenvalue weighted by atomic mass is 16.2. The van der Waals surface area contributed by atoms with Crippen LogP contribution in [0.25, 0.3) is 0 Å². The highest BCUT2D eigenvalue weighted by molar-refractivity contribution is 5.94. The Morgan fingerprint density at radius 3 is 2.54 bits per heavy atom. The van der Waals surface area contributed by atoms with Crippen LogP contribution in [0.2, 0.25) is 0 Å². The first kappa shape index (κ1) is 20.4. The number of rotatable bonds is 7. The number of benzene rings is 1. The van der Waals surface area contributed by atoms with Crippen LogP contribution in [0.15, 0.2) is 35.9 Å². The van der Waals surface area contributed by atoms with E-state index < -0.39 is 0 Å². The molecule has 5 nitrogen and oxygen atoms in total. The van der Waals surface area contributed by atoms with E-state index in [4.69, 9.17) is 0 Å². The van der Waals surface area contributed by atoms with Crippen molar-refractivity contribution in [3.05, 3.63) is 41.5 Å². The zero-order chi connectivity index (χ0) is 19.8. The second-order valence-corrected chi connectivity index (χ2v) is 8.11. The number of nitrogens with one attached hydrogen (secondary N) is 2. The van der Waals surface area contributed by atoms with Crippen LogP contribution >= 0.6 is 0 Å². The predicted molar refractivity (Wildman–Crippen MR) is 113 cm³/mol. The summed E-state index contributed by atoms with van der Waals surface area (Å²) in [4.78, 5) is 26.5. The summed E-state index contributed by atoms with van der Waals surface area (Å²) in [6.45, 7) is 4.88. The fourth-order valence-electron chi connectivity index (χ4n) is 3.86. The molecular formula is C23H33N3O2. The van der Waals surface area contributed by atoms with Crippen molar-refractivity contribution in [1.29, 1.82) is 0 Å². The summed E-state index contributed by atoms with van der Waals surface area (Å²) in [5, 5.41) is 6.11. The van der Waals surface area contributed by atoms with Gasteiger partial charge in [0.2, 0.25) is 5.91 Å². The Morgan fingerprint density at radius 2 is 1.86 bits per heavy atom. The van der Waals surface area contributed by atoms with Gasteiger partial charge in [0, 0.05) is 30.9 Å². The number of piperidine rings is 1. The fraction of sp³-hybridized carbons (Fsp3) is 0.565. The van der Waals surface area contributed by atoms with Gasteiger partial charge in [-0.3, -0.25) is 9.59 Å². The Labute approximate surface area is 168 Å². The number of amides is 2. The molecule has 1 fully saturated rings. The van der Waals surface area contributed by atoms with Crippen LogP contribution in [0, 0.1) is 5.92 Å². The maximum Gasteiger partial charge on any atom is 0.253 e. The van der Waals surface area contributed by atoms with Crippen LogP contribution in [0.4, 0.5) is 5.69 Å². The van der Waals surface area contributed by atoms with Gasteiger partial charge in [-0.1, -0.05) is 18.6 Å². The third-order valence-corrected chi connectivity index (χ3v) is 5.81. The minimum absolute atomic E-state index is 0.000927. The number of anilines is 1. The van der Waals surface area contributed by atoms with Gasteiger partial charge < -0.3 is 15.5 Å². The number of likely N-dealkylation sites (tertiary alicyclic amines) is 1. The minimum Gasteiger partial charge on any atom is -0.376 e. The summed E-state index contributed by atoms with van der Waals surface area (Å²) >= 11 is 0. The van der Waals surface area contributed by atoms with Crippen LogP contribution in [0.3, 0.4) is 0 Å². The average molecular weight is 384 g/mol. The van der Waals surface area contributed by atoms with Crippen molar-refractivity contribution in [1.82, 2.24) is 10.2 Å². The van der Waals surface area contributed by atoms with Gasteiger partial charge in [0.1, 0.15) is 0 Å². The zero-order valence-electron chi connectivity index (χ0n) is 17.0. The normalized spacial score (nSPS) is 17.8. The largest absolute Gasteiger partial charge is 0.376 e. The van der Waals surface area contributed by atoms with Crippen LogP contribution in [-0.2, 0) is 4.79 Å². The summed E-state index contributed by atoms with van der Waals surface area (Å²) in [6, 6.07) is 7.44. The van der Waals surface area contributed by atoms with Crippen LogP contribution in [-0.4, -0.2) is 42.9 Å². The van der Waals surface area contributed by atoms with Crippen LogP contribution in [0.5, 0.6) is 0 Å². The van der Waals surface area contributed by atoms with Crippen molar-refractivity contribution >= 4 is 17.5 Å². The van der Waals surface area contributed by atoms with Gasteiger partial charge in [0.25, 0.3) is 5.91 Å². The quantitative estimate of drug-likeness (QED) is 0.700. The van der Waals surface area contributed by atoms with Crippen molar-refractivity contribution in [2.45, 2.75) is 51.9 Å². The van der Waals surface area contributed by atoms with Crippen molar-refractivity contribution < 1.29 is 9.59 Å². The van der Waals surface area contributed by atoms with Crippen molar-refractivity contribution in [3.8, 4) is 0 Å². The second kappa shape index (κ2) is 10.3. The first-order chi connectivity index (χ1) is 13.6. The Morgan fingerprint density at radius 1 is 1.11 bits per heavy atom. The highest BCUT2D eigenvalue weighted by Crippen LogP contribution is 2.20. The molecule has 3 rings (SSSR count). The molecule has 28 heavy (non-hydrogen) atoms. The molecule has 152 valence electrons. The summed E-state index contributed by atoms with van der Waals surface area (Å²) < 4.78 is 0. The second-order valence-electron chi connectivity index (χ2n) is 8.11. The smallest absolute Gasteiger partial charge is 0.253 e. The molecule has 1 aliphatic heterocycles. The molecule has 1 heterocycles. The van der Waals surface area contributed by atoms with E-state index in [1.807, 2.05) is 29.2 Å². The lowest BCUT2D eigenvalue weighted by Gasteiger charge is -2.30. The van der Waals surface area contributed by atoms with Gasteiger partial charge in [-0.25, -0.2) is 0 Å². The molecule has 5 heteroatoms. The summed E-state index contributed by atoms with van der Waals surface area (Å²) in [7, 11) is 0. The molecule has 2 amide bonds. The number of hydrogen-bond acceptors (Lipinski definition) is 3. The molecule has 0 bridgehead atoms. The maximum atomic E-state index is 12.6. The van der Waals surface area contributed by atoms with E-state index in [-0.39, 0.29) is 18.4 Å². The lowest BCUT2D eigenvalue weighted by Crippen LogP contribution is -2.37. The third-order valence-electron chi connectivity index (χ3n) is 5.81.